The molecule has 0 radical (unpaired) electrons. The topological polar surface area (TPSA) is 101 Å². The van der Waals surface area contributed by atoms with Crippen molar-refractivity contribution < 1.29 is 28.2 Å². The summed E-state index contributed by atoms with van der Waals surface area (Å²) in [6.45, 7) is 1.95. The van der Waals surface area contributed by atoms with Crippen LogP contribution >= 0.6 is 0 Å². The van der Waals surface area contributed by atoms with Gasteiger partial charge in [-0.3, -0.25) is 9.59 Å². The fourth-order valence-corrected chi connectivity index (χ4v) is 5.19. The molecule has 2 heterocycles. The Labute approximate surface area is 203 Å². The molecule has 8 nitrogen and oxygen atoms in total. The Hall–Kier alpha value is -2.56. The molecule has 1 aliphatic heterocycles. The lowest BCUT2D eigenvalue weighted by molar-refractivity contribution is -0.135. The fraction of sp³-hybridized carbons (Fsp3) is 0.600. The van der Waals surface area contributed by atoms with Crippen LogP contribution in [0.1, 0.15) is 42.6 Å². The molecule has 4 rings (SSSR count). The van der Waals surface area contributed by atoms with Gasteiger partial charge in [0.2, 0.25) is 5.91 Å². The van der Waals surface area contributed by atoms with Gasteiger partial charge in [-0.25, -0.2) is 8.78 Å². The molecular formula is C25H34F2N4O4. The Morgan fingerprint density at radius 1 is 1.00 bits per heavy atom. The summed E-state index contributed by atoms with van der Waals surface area (Å²) >= 11 is 0. The highest BCUT2D eigenvalue weighted by Crippen LogP contribution is 2.27. The van der Waals surface area contributed by atoms with Crippen molar-refractivity contribution in [3.05, 3.63) is 35.5 Å². The summed E-state index contributed by atoms with van der Waals surface area (Å²) in [4.78, 5) is 29.8. The van der Waals surface area contributed by atoms with E-state index in [0.29, 0.717) is 42.8 Å². The van der Waals surface area contributed by atoms with Crippen molar-refractivity contribution in [3.8, 4) is 0 Å². The lowest BCUT2D eigenvalue weighted by Crippen LogP contribution is -2.56. The molecule has 1 aromatic heterocycles. The van der Waals surface area contributed by atoms with E-state index in [4.69, 9.17) is 15.6 Å². The van der Waals surface area contributed by atoms with Crippen molar-refractivity contribution in [2.75, 3.05) is 46.0 Å². The van der Waals surface area contributed by atoms with Crippen molar-refractivity contribution in [3.63, 3.8) is 0 Å². The first-order valence-corrected chi connectivity index (χ1v) is 12.4. The van der Waals surface area contributed by atoms with Crippen molar-refractivity contribution in [2.24, 2.45) is 11.7 Å². The molecular weight excluding hydrogens is 458 g/mol. The van der Waals surface area contributed by atoms with Gasteiger partial charge in [-0.2, -0.15) is 0 Å². The molecule has 1 aromatic carbocycles. The number of aromatic nitrogens is 1. The Morgan fingerprint density at radius 2 is 1.66 bits per heavy atom. The minimum Gasteiger partial charge on any atom is -0.394 e. The minimum absolute atomic E-state index is 0.0508. The van der Waals surface area contributed by atoms with E-state index in [1.54, 1.807) is 20.4 Å². The maximum Gasteiger partial charge on any atom is 0.270 e. The quantitative estimate of drug-likeness (QED) is 0.550. The van der Waals surface area contributed by atoms with E-state index in [1.807, 2.05) is 0 Å². The van der Waals surface area contributed by atoms with Gasteiger partial charge in [0.1, 0.15) is 5.69 Å². The third-order valence-corrected chi connectivity index (χ3v) is 7.18. The Morgan fingerprint density at radius 3 is 2.34 bits per heavy atom. The van der Waals surface area contributed by atoms with Crippen molar-refractivity contribution in [2.45, 2.75) is 44.7 Å². The van der Waals surface area contributed by atoms with Crippen molar-refractivity contribution >= 4 is 22.7 Å². The molecule has 10 heteroatoms. The summed E-state index contributed by atoms with van der Waals surface area (Å²) in [6, 6.07) is 3.22. The van der Waals surface area contributed by atoms with Gasteiger partial charge in [-0.05, 0) is 30.9 Å². The fourth-order valence-electron chi connectivity index (χ4n) is 5.19. The lowest BCUT2D eigenvalue weighted by atomic mass is 9.83. The van der Waals surface area contributed by atoms with Crippen molar-refractivity contribution in [1.29, 1.82) is 0 Å². The molecule has 0 bridgehead atoms. The van der Waals surface area contributed by atoms with Gasteiger partial charge in [-0.15, -0.1) is 0 Å². The predicted molar refractivity (Wildman–Crippen MR) is 127 cm³/mol. The largest absolute Gasteiger partial charge is 0.394 e. The third-order valence-electron chi connectivity index (χ3n) is 7.18. The van der Waals surface area contributed by atoms with Gasteiger partial charge >= 0.3 is 0 Å². The van der Waals surface area contributed by atoms with Crippen LogP contribution in [0, 0.1) is 17.6 Å². The summed E-state index contributed by atoms with van der Waals surface area (Å²) in [5, 5.41) is 9.34. The summed E-state index contributed by atoms with van der Waals surface area (Å²) in [5.41, 5.74) is 7.00. The number of hydrogen-bond donors (Lipinski definition) is 2. The SMILES string of the molecule is NC(C(=O)N1CCN(C(=O)c2cc3cc(F)c(F)cc3n2CCOCCO)CC1)C1CCCCC1. The van der Waals surface area contributed by atoms with Crippen LogP contribution in [0.3, 0.4) is 0 Å². The van der Waals surface area contributed by atoms with E-state index in [9.17, 15) is 18.4 Å². The van der Waals surface area contributed by atoms with Crippen LogP contribution in [-0.4, -0.2) is 83.3 Å². The molecule has 2 aromatic rings. The summed E-state index contributed by atoms with van der Waals surface area (Å²) in [7, 11) is 0. The maximum absolute atomic E-state index is 14.0. The molecule has 1 saturated heterocycles. The number of nitrogens with zero attached hydrogens (tertiary/aromatic N) is 3. The van der Waals surface area contributed by atoms with Crippen LogP contribution in [0.25, 0.3) is 10.9 Å². The van der Waals surface area contributed by atoms with E-state index in [2.05, 4.69) is 0 Å². The highest BCUT2D eigenvalue weighted by Gasteiger charge is 2.33. The van der Waals surface area contributed by atoms with E-state index in [-0.39, 0.29) is 44.1 Å². The first-order valence-electron chi connectivity index (χ1n) is 12.4. The number of rotatable bonds is 8. The lowest BCUT2D eigenvalue weighted by Gasteiger charge is -2.37. The van der Waals surface area contributed by atoms with Gasteiger partial charge in [-0.1, -0.05) is 19.3 Å². The van der Waals surface area contributed by atoms with Crippen molar-refractivity contribution in [1.82, 2.24) is 14.4 Å². The van der Waals surface area contributed by atoms with Gasteiger partial charge < -0.3 is 29.9 Å². The summed E-state index contributed by atoms with van der Waals surface area (Å²) in [5.74, 6) is -2.07. The number of aliphatic hydroxyl groups is 1. The minimum atomic E-state index is -0.992. The van der Waals surface area contributed by atoms with Gasteiger partial charge in [0.15, 0.2) is 11.6 Å². The maximum atomic E-state index is 14.0. The molecule has 3 N–H and O–H groups in total. The second kappa shape index (κ2) is 11.5. The average Bonchev–Trinajstić information content (AvgIpc) is 3.23. The molecule has 35 heavy (non-hydrogen) atoms. The highest BCUT2D eigenvalue weighted by atomic mass is 19.2. The van der Waals surface area contributed by atoms with Crippen LogP contribution in [0.2, 0.25) is 0 Å². The number of aliphatic hydroxyl groups excluding tert-OH is 1. The van der Waals surface area contributed by atoms with E-state index in [0.717, 1.165) is 37.8 Å². The zero-order valence-electron chi connectivity index (χ0n) is 19.9. The van der Waals surface area contributed by atoms with Crippen LogP contribution in [0.15, 0.2) is 18.2 Å². The normalized spacial score (nSPS) is 18.3. The summed E-state index contributed by atoms with van der Waals surface area (Å²) in [6.07, 6.45) is 5.39. The standard InChI is InChI=1S/C25H34F2N4O4/c26-19-14-18-15-22(31(10-12-35-13-11-32)21(18)16-20(19)27)24(33)29-6-8-30(9-7-29)25(34)23(28)17-4-2-1-3-5-17/h14-17,23,32H,1-13,28H2. The average molecular weight is 493 g/mol. The Kier molecular flexibility index (Phi) is 8.35. The van der Waals surface area contributed by atoms with E-state index >= 15 is 0 Å². The molecule has 1 aliphatic carbocycles. The molecule has 192 valence electrons. The van der Waals surface area contributed by atoms with Crippen LogP contribution < -0.4 is 5.73 Å². The second-order valence-corrected chi connectivity index (χ2v) is 9.38. The number of carbonyl (C=O) groups is 2. The molecule has 2 amide bonds. The molecule has 1 saturated carbocycles. The predicted octanol–water partition coefficient (Wildman–Crippen LogP) is 2.12. The number of piperazine rings is 1. The number of benzene rings is 1. The monoisotopic (exact) mass is 492 g/mol. The Bertz CT molecular complexity index is 1050. The van der Waals surface area contributed by atoms with Gasteiger partial charge in [0.05, 0.1) is 31.4 Å². The van der Waals surface area contributed by atoms with E-state index < -0.39 is 17.7 Å². The summed E-state index contributed by atoms with van der Waals surface area (Å²) < 4.78 is 34.7. The van der Waals surface area contributed by atoms with Gasteiger partial charge in [0, 0.05) is 44.2 Å². The molecule has 2 fully saturated rings. The third kappa shape index (κ3) is 5.65. The smallest absolute Gasteiger partial charge is 0.270 e. The van der Waals surface area contributed by atoms with Gasteiger partial charge in [0.25, 0.3) is 5.91 Å². The van der Waals surface area contributed by atoms with Crippen LogP contribution in [0.4, 0.5) is 8.78 Å². The number of amides is 2. The highest BCUT2D eigenvalue weighted by molar-refractivity contribution is 5.99. The molecule has 1 atom stereocenters. The number of nitrogens with two attached hydrogens (primary N) is 1. The first kappa shape index (κ1) is 25.5. The number of fused-ring (bicyclic) bond motifs is 1. The van der Waals surface area contributed by atoms with Crippen LogP contribution in [-0.2, 0) is 16.1 Å². The number of halogens is 2. The molecule has 0 spiro atoms. The number of hydrogen-bond acceptors (Lipinski definition) is 5. The molecule has 2 aliphatic rings. The number of ether oxygens (including phenoxy) is 1. The molecule has 1 unspecified atom stereocenters. The zero-order chi connectivity index (χ0) is 24.9. The first-order chi connectivity index (χ1) is 16.9. The Balaban J connectivity index is 1.45. The van der Waals surface area contributed by atoms with Crippen LogP contribution in [0.5, 0.6) is 0 Å². The second-order valence-electron chi connectivity index (χ2n) is 9.38. The zero-order valence-corrected chi connectivity index (χ0v) is 19.9. The number of carbonyl (C=O) groups excluding carboxylic acids is 2. The van der Waals surface area contributed by atoms with E-state index in [1.165, 1.54) is 6.42 Å².